The lowest BCUT2D eigenvalue weighted by Crippen LogP contribution is -2.47. The summed E-state index contributed by atoms with van der Waals surface area (Å²) in [6.07, 6.45) is 7.97. The molecule has 1 rings (SSSR count). The fraction of sp³-hybridized carbons (Fsp3) is 0.778. The maximum atomic E-state index is 5.87. The van der Waals surface area contributed by atoms with E-state index < -0.39 is 0 Å². The second kappa shape index (κ2) is 6.80. The molecule has 0 atom stereocenters. The van der Waals surface area contributed by atoms with Crippen molar-refractivity contribution < 1.29 is 4.74 Å². The van der Waals surface area contributed by atoms with E-state index in [2.05, 4.69) is 65.5 Å². The van der Waals surface area contributed by atoms with Crippen molar-refractivity contribution in [2.45, 2.75) is 73.3 Å². The molecular formula is C18H33NO. The van der Waals surface area contributed by atoms with Crippen molar-refractivity contribution in [3.05, 3.63) is 23.5 Å². The summed E-state index contributed by atoms with van der Waals surface area (Å²) in [7, 11) is 0. The maximum absolute atomic E-state index is 5.87. The van der Waals surface area contributed by atoms with Crippen molar-refractivity contribution in [3.63, 3.8) is 0 Å². The van der Waals surface area contributed by atoms with Crippen LogP contribution in [-0.4, -0.2) is 23.7 Å². The molecule has 1 heterocycles. The molecule has 0 aromatic rings. The van der Waals surface area contributed by atoms with Crippen molar-refractivity contribution in [1.82, 2.24) is 4.90 Å². The van der Waals surface area contributed by atoms with Crippen LogP contribution in [0.5, 0.6) is 0 Å². The second-order valence-corrected chi connectivity index (χ2v) is 7.60. The van der Waals surface area contributed by atoms with E-state index in [0.29, 0.717) is 0 Å². The van der Waals surface area contributed by atoms with Gasteiger partial charge in [-0.25, -0.2) is 0 Å². The SMILES string of the molecule is CCC(C)(C)N1COC(C)=C(CC/C=C\C(C)(C)C)C1. The number of hydrogen-bond donors (Lipinski definition) is 0. The molecule has 2 heteroatoms. The molecule has 0 aromatic carbocycles. The minimum absolute atomic E-state index is 0.215. The Kier molecular flexibility index (Phi) is 5.88. The number of nitrogens with zero attached hydrogens (tertiary/aromatic N) is 1. The third kappa shape index (κ3) is 5.32. The number of allylic oxidation sites excluding steroid dienone is 3. The minimum atomic E-state index is 0.215. The van der Waals surface area contributed by atoms with Crippen LogP contribution in [0.25, 0.3) is 0 Å². The van der Waals surface area contributed by atoms with Crippen LogP contribution in [-0.2, 0) is 4.74 Å². The number of ether oxygens (including phenoxy) is 1. The molecule has 0 radical (unpaired) electrons. The highest BCUT2D eigenvalue weighted by atomic mass is 16.5. The second-order valence-electron chi connectivity index (χ2n) is 7.60. The van der Waals surface area contributed by atoms with Crippen LogP contribution in [0.3, 0.4) is 0 Å². The van der Waals surface area contributed by atoms with Crippen LogP contribution in [0.4, 0.5) is 0 Å². The predicted molar refractivity (Wildman–Crippen MR) is 87.6 cm³/mol. The van der Waals surface area contributed by atoms with E-state index >= 15 is 0 Å². The molecular weight excluding hydrogens is 246 g/mol. The molecule has 0 spiro atoms. The van der Waals surface area contributed by atoms with Gasteiger partial charge in [-0.3, -0.25) is 4.90 Å². The van der Waals surface area contributed by atoms with E-state index in [1.165, 1.54) is 5.57 Å². The third-order valence-electron chi connectivity index (χ3n) is 4.27. The molecule has 2 nitrogen and oxygen atoms in total. The highest BCUT2D eigenvalue weighted by Crippen LogP contribution is 2.27. The van der Waals surface area contributed by atoms with E-state index in [1.54, 1.807) is 0 Å². The average Bonchev–Trinajstić information content (AvgIpc) is 2.35. The molecule has 0 saturated heterocycles. The number of hydrogen-bond acceptors (Lipinski definition) is 2. The summed E-state index contributed by atoms with van der Waals surface area (Å²) in [6, 6.07) is 0. The first-order valence-electron chi connectivity index (χ1n) is 7.90. The molecule has 0 amide bonds. The zero-order valence-electron chi connectivity index (χ0n) is 14.5. The van der Waals surface area contributed by atoms with Gasteiger partial charge in [0.05, 0.1) is 5.76 Å². The van der Waals surface area contributed by atoms with Crippen molar-refractivity contribution in [1.29, 1.82) is 0 Å². The Morgan fingerprint density at radius 2 is 1.85 bits per heavy atom. The molecule has 0 aromatic heterocycles. The lowest BCUT2D eigenvalue weighted by molar-refractivity contribution is -0.00936. The van der Waals surface area contributed by atoms with Crippen LogP contribution >= 0.6 is 0 Å². The summed E-state index contributed by atoms with van der Waals surface area (Å²) >= 11 is 0. The number of rotatable bonds is 5. The van der Waals surface area contributed by atoms with Gasteiger partial charge in [0, 0.05) is 12.1 Å². The van der Waals surface area contributed by atoms with Gasteiger partial charge in [-0.1, -0.05) is 39.8 Å². The monoisotopic (exact) mass is 279 g/mol. The fourth-order valence-electron chi connectivity index (χ4n) is 2.23. The first kappa shape index (κ1) is 17.3. The summed E-state index contributed by atoms with van der Waals surface area (Å²) in [5.74, 6) is 1.14. The molecule has 0 bridgehead atoms. The zero-order chi connectivity index (χ0) is 15.4. The molecule has 0 unspecified atom stereocenters. The largest absolute Gasteiger partial charge is 0.483 e. The van der Waals surface area contributed by atoms with E-state index in [0.717, 1.165) is 38.3 Å². The summed E-state index contributed by atoms with van der Waals surface area (Å²) in [5, 5.41) is 0. The van der Waals surface area contributed by atoms with Crippen LogP contribution in [0.1, 0.15) is 67.7 Å². The Labute approximate surface area is 125 Å². The molecule has 0 fully saturated rings. The summed E-state index contributed by atoms with van der Waals surface area (Å²) in [4.78, 5) is 2.45. The first-order chi connectivity index (χ1) is 9.15. The Hall–Kier alpha value is -0.760. The van der Waals surface area contributed by atoms with Gasteiger partial charge in [-0.15, -0.1) is 0 Å². The van der Waals surface area contributed by atoms with Gasteiger partial charge in [-0.05, 0) is 51.0 Å². The van der Waals surface area contributed by atoms with Gasteiger partial charge in [0.2, 0.25) is 0 Å². The standard InChI is InChI=1S/C18H33NO/c1-8-18(6,7)19-13-16(15(2)20-14-19)11-9-10-12-17(3,4)5/h10,12H,8-9,11,13-14H2,1-7H3/b12-10-. The van der Waals surface area contributed by atoms with Gasteiger partial charge < -0.3 is 4.74 Å². The van der Waals surface area contributed by atoms with Gasteiger partial charge in [-0.2, -0.15) is 0 Å². The molecule has 0 N–H and O–H groups in total. The normalized spacial score (nSPS) is 18.8. The van der Waals surface area contributed by atoms with Crippen LogP contribution in [0, 0.1) is 5.41 Å². The Bertz CT molecular complexity index is 371. The lowest BCUT2D eigenvalue weighted by Gasteiger charge is -2.41. The Morgan fingerprint density at radius 1 is 1.20 bits per heavy atom. The van der Waals surface area contributed by atoms with Crippen molar-refractivity contribution in [2.24, 2.45) is 5.41 Å². The third-order valence-corrected chi connectivity index (χ3v) is 4.27. The van der Waals surface area contributed by atoms with Crippen LogP contribution < -0.4 is 0 Å². The smallest absolute Gasteiger partial charge is 0.142 e. The van der Waals surface area contributed by atoms with Crippen LogP contribution in [0.2, 0.25) is 0 Å². The van der Waals surface area contributed by atoms with E-state index in [4.69, 9.17) is 4.74 Å². The van der Waals surface area contributed by atoms with E-state index in [-0.39, 0.29) is 11.0 Å². The molecule has 1 aliphatic rings. The first-order valence-corrected chi connectivity index (χ1v) is 7.90. The topological polar surface area (TPSA) is 12.5 Å². The maximum Gasteiger partial charge on any atom is 0.142 e. The Morgan fingerprint density at radius 3 is 2.40 bits per heavy atom. The van der Waals surface area contributed by atoms with Crippen LogP contribution in [0.15, 0.2) is 23.5 Å². The summed E-state index contributed by atoms with van der Waals surface area (Å²) in [6.45, 7) is 17.5. The van der Waals surface area contributed by atoms with Gasteiger partial charge in [0.15, 0.2) is 0 Å². The molecule has 0 aliphatic carbocycles. The molecule has 0 saturated carbocycles. The van der Waals surface area contributed by atoms with Crippen molar-refractivity contribution in [2.75, 3.05) is 13.3 Å². The molecule has 20 heavy (non-hydrogen) atoms. The van der Waals surface area contributed by atoms with Gasteiger partial charge >= 0.3 is 0 Å². The fourth-order valence-corrected chi connectivity index (χ4v) is 2.23. The minimum Gasteiger partial charge on any atom is -0.483 e. The van der Waals surface area contributed by atoms with Crippen molar-refractivity contribution in [3.8, 4) is 0 Å². The molecule has 116 valence electrons. The lowest BCUT2D eigenvalue weighted by atomic mass is 9.94. The van der Waals surface area contributed by atoms with Gasteiger partial charge in [0.25, 0.3) is 0 Å². The predicted octanol–water partition coefficient (Wildman–Crippen LogP) is 5.12. The van der Waals surface area contributed by atoms with E-state index in [1.807, 2.05) is 0 Å². The van der Waals surface area contributed by atoms with E-state index in [9.17, 15) is 0 Å². The Balaban J connectivity index is 2.58. The average molecular weight is 279 g/mol. The quantitative estimate of drug-likeness (QED) is 0.648. The highest BCUT2D eigenvalue weighted by Gasteiger charge is 2.29. The summed E-state index contributed by atoms with van der Waals surface area (Å²) in [5.41, 5.74) is 1.95. The van der Waals surface area contributed by atoms with Gasteiger partial charge in [0.1, 0.15) is 6.73 Å². The molecule has 1 aliphatic heterocycles. The van der Waals surface area contributed by atoms with Crippen molar-refractivity contribution >= 4 is 0 Å². The zero-order valence-corrected chi connectivity index (χ0v) is 14.5. The highest BCUT2D eigenvalue weighted by molar-refractivity contribution is 5.13. The summed E-state index contributed by atoms with van der Waals surface area (Å²) < 4.78 is 5.87.